The maximum absolute atomic E-state index is 5.61. The molecule has 0 aromatic heterocycles. The third kappa shape index (κ3) is 3.24. The van der Waals surface area contributed by atoms with Crippen molar-refractivity contribution in [3.8, 4) is 0 Å². The van der Waals surface area contributed by atoms with Crippen LogP contribution in [0.2, 0.25) is 0 Å². The Balaban J connectivity index is 1.59. The lowest BCUT2D eigenvalue weighted by Crippen LogP contribution is -2.31. The number of fused-ring (bicyclic) bond motifs is 1. The summed E-state index contributed by atoms with van der Waals surface area (Å²) in [6.45, 7) is 3.19. The molecule has 1 heterocycles. The van der Waals surface area contributed by atoms with E-state index in [9.17, 15) is 0 Å². The van der Waals surface area contributed by atoms with Gasteiger partial charge in [-0.15, -0.1) is 0 Å². The Morgan fingerprint density at radius 2 is 2.10 bits per heavy atom. The van der Waals surface area contributed by atoms with Crippen molar-refractivity contribution in [3.05, 3.63) is 47.2 Å². The minimum absolute atomic E-state index is 0.333. The van der Waals surface area contributed by atoms with Crippen LogP contribution < -0.4 is 5.32 Å². The van der Waals surface area contributed by atoms with Crippen molar-refractivity contribution in [2.75, 3.05) is 6.54 Å². The van der Waals surface area contributed by atoms with Crippen molar-refractivity contribution in [1.82, 2.24) is 5.32 Å². The van der Waals surface area contributed by atoms with Crippen molar-refractivity contribution in [3.63, 3.8) is 0 Å². The van der Waals surface area contributed by atoms with Crippen LogP contribution >= 0.6 is 0 Å². The van der Waals surface area contributed by atoms with Gasteiger partial charge in [0.25, 0.3) is 0 Å². The summed E-state index contributed by atoms with van der Waals surface area (Å²) in [6, 6.07) is 7.44. The van der Waals surface area contributed by atoms with Gasteiger partial charge in [-0.3, -0.25) is 0 Å². The second-order valence-electron chi connectivity index (χ2n) is 6.07. The molecule has 0 spiro atoms. The Kier molecular flexibility index (Phi) is 4.41. The van der Waals surface area contributed by atoms with Gasteiger partial charge in [0.05, 0.1) is 6.26 Å². The molecular formula is C18H25NO. The number of hydrogen-bond donors (Lipinski definition) is 1. The van der Waals surface area contributed by atoms with Crippen LogP contribution in [-0.2, 0) is 17.6 Å². The van der Waals surface area contributed by atoms with E-state index in [0.717, 1.165) is 19.4 Å². The molecule has 20 heavy (non-hydrogen) atoms. The van der Waals surface area contributed by atoms with Crippen LogP contribution in [-0.4, -0.2) is 12.6 Å². The van der Waals surface area contributed by atoms with E-state index in [0.29, 0.717) is 12.1 Å². The molecule has 1 N–H and O–H groups in total. The Labute approximate surface area is 122 Å². The highest BCUT2D eigenvalue weighted by atomic mass is 16.5. The van der Waals surface area contributed by atoms with Gasteiger partial charge in [-0.1, -0.05) is 18.2 Å². The zero-order chi connectivity index (χ0) is 13.8. The van der Waals surface area contributed by atoms with Crippen LogP contribution in [0.5, 0.6) is 0 Å². The lowest BCUT2D eigenvalue weighted by Gasteiger charge is -2.24. The van der Waals surface area contributed by atoms with E-state index in [2.05, 4.69) is 36.5 Å². The van der Waals surface area contributed by atoms with Gasteiger partial charge in [0.15, 0.2) is 0 Å². The SMILES string of the molecule is CC(NCC1CCC=CO1)c1ccc2c(c1)CCCC2. The van der Waals surface area contributed by atoms with Crippen LogP contribution in [0.1, 0.15) is 55.3 Å². The molecule has 0 bridgehead atoms. The summed E-state index contributed by atoms with van der Waals surface area (Å²) < 4.78 is 5.61. The number of allylic oxidation sites excluding steroid dienone is 1. The second kappa shape index (κ2) is 6.45. The molecule has 2 unspecified atom stereocenters. The van der Waals surface area contributed by atoms with E-state index in [4.69, 9.17) is 4.74 Å². The van der Waals surface area contributed by atoms with E-state index in [-0.39, 0.29) is 0 Å². The van der Waals surface area contributed by atoms with Gasteiger partial charge in [0.1, 0.15) is 6.10 Å². The zero-order valence-corrected chi connectivity index (χ0v) is 12.4. The average Bonchev–Trinajstić information content (AvgIpc) is 2.53. The molecule has 0 saturated carbocycles. The maximum atomic E-state index is 5.61. The highest BCUT2D eigenvalue weighted by Crippen LogP contribution is 2.24. The standard InChI is InChI=1S/C18H25NO/c1-14(19-13-18-8-4-5-11-20-18)16-10-9-15-6-2-3-7-17(15)12-16/h5,9-12,14,18-19H,2-4,6-8,13H2,1H3. The Morgan fingerprint density at radius 1 is 1.25 bits per heavy atom. The molecular weight excluding hydrogens is 246 g/mol. The number of ether oxygens (including phenoxy) is 1. The monoisotopic (exact) mass is 271 g/mol. The first-order valence-corrected chi connectivity index (χ1v) is 7.98. The zero-order valence-electron chi connectivity index (χ0n) is 12.4. The highest BCUT2D eigenvalue weighted by molar-refractivity contribution is 5.35. The molecule has 1 aliphatic heterocycles. The quantitative estimate of drug-likeness (QED) is 0.896. The highest BCUT2D eigenvalue weighted by Gasteiger charge is 2.15. The summed E-state index contributed by atoms with van der Waals surface area (Å²) in [5.74, 6) is 0. The van der Waals surface area contributed by atoms with E-state index < -0.39 is 0 Å². The first-order valence-electron chi connectivity index (χ1n) is 7.98. The van der Waals surface area contributed by atoms with Crippen LogP contribution in [0, 0.1) is 0 Å². The van der Waals surface area contributed by atoms with Gasteiger partial charge >= 0.3 is 0 Å². The molecule has 3 rings (SSSR count). The average molecular weight is 271 g/mol. The third-order valence-corrected chi connectivity index (χ3v) is 4.55. The fourth-order valence-corrected chi connectivity index (χ4v) is 3.18. The van der Waals surface area contributed by atoms with Crippen molar-refractivity contribution in [2.24, 2.45) is 0 Å². The first-order chi connectivity index (χ1) is 9.83. The molecule has 0 amide bonds. The van der Waals surface area contributed by atoms with E-state index in [1.54, 1.807) is 11.1 Å². The van der Waals surface area contributed by atoms with Gasteiger partial charge in [0.2, 0.25) is 0 Å². The van der Waals surface area contributed by atoms with Crippen LogP contribution in [0.25, 0.3) is 0 Å². The smallest absolute Gasteiger partial charge is 0.110 e. The summed E-state index contributed by atoms with van der Waals surface area (Å²) in [5.41, 5.74) is 4.55. The van der Waals surface area contributed by atoms with Crippen molar-refractivity contribution < 1.29 is 4.74 Å². The Bertz CT molecular complexity index is 480. The topological polar surface area (TPSA) is 21.3 Å². The van der Waals surface area contributed by atoms with Crippen molar-refractivity contribution >= 4 is 0 Å². The summed E-state index contributed by atoms with van der Waals surface area (Å²) in [4.78, 5) is 0. The Hall–Kier alpha value is -1.28. The molecule has 0 radical (unpaired) electrons. The molecule has 2 atom stereocenters. The Morgan fingerprint density at radius 3 is 2.90 bits per heavy atom. The van der Waals surface area contributed by atoms with E-state index in [1.165, 1.54) is 31.2 Å². The number of rotatable bonds is 4. The molecule has 0 saturated heterocycles. The molecule has 0 fully saturated rings. The fourth-order valence-electron chi connectivity index (χ4n) is 3.18. The van der Waals surface area contributed by atoms with E-state index >= 15 is 0 Å². The molecule has 2 nitrogen and oxygen atoms in total. The minimum Gasteiger partial charge on any atom is -0.497 e. The van der Waals surface area contributed by atoms with Crippen molar-refractivity contribution in [1.29, 1.82) is 0 Å². The van der Waals surface area contributed by atoms with Gasteiger partial charge in [-0.2, -0.15) is 0 Å². The third-order valence-electron chi connectivity index (χ3n) is 4.55. The summed E-state index contributed by atoms with van der Waals surface area (Å²) in [6.07, 6.45) is 11.8. The largest absolute Gasteiger partial charge is 0.497 e. The number of aryl methyl sites for hydroxylation is 2. The number of hydrogen-bond acceptors (Lipinski definition) is 2. The molecule has 1 aliphatic carbocycles. The minimum atomic E-state index is 0.333. The first kappa shape index (κ1) is 13.7. The summed E-state index contributed by atoms with van der Waals surface area (Å²) >= 11 is 0. The van der Waals surface area contributed by atoms with Crippen LogP contribution in [0.3, 0.4) is 0 Å². The van der Waals surface area contributed by atoms with Gasteiger partial charge in [0, 0.05) is 12.6 Å². The van der Waals surface area contributed by atoms with Gasteiger partial charge < -0.3 is 10.1 Å². The second-order valence-corrected chi connectivity index (χ2v) is 6.07. The molecule has 1 aromatic carbocycles. The predicted octanol–water partition coefficient (Wildman–Crippen LogP) is 3.91. The van der Waals surface area contributed by atoms with Crippen LogP contribution in [0.4, 0.5) is 0 Å². The predicted molar refractivity (Wildman–Crippen MR) is 82.7 cm³/mol. The molecule has 1 aromatic rings. The number of benzene rings is 1. The van der Waals surface area contributed by atoms with Gasteiger partial charge in [-0.05, 0) is 68.2 Å². The number of nitrogens with one attached hydrogen (secondary N) is 1. The molecule has 2 aliphatic rings. The summed E-state index contributed by atoms with van der Waals surface area (Å²) in [7, 11) is 0. The normalized spacial score (nSPS) is 22.9. The lowest BCUT2D eigenvalue weighted by molar-refractivity contribution is 0.120. The van der Waals surface area contributed by atoms with E-state index in [1.807, 2.05) is 6.26 Å². The maximum Gasteiger partial charge on any atom is 0.110 e. The molecule has 2 heteroatoms. The van der Waals surface area contributed by atoms with Crippen LogP contribution in [0.15, 0.2) is 30.5 Å². The fraction of sp³-hybridized carbons (Fsp3) is 0.556. The lowest BCUT2D eigenvalue weighted by atomic mass is 9.89. The van der Waals surface area contributed by atoms with Gasteiger partial charge in [-0.25, -0.2) is 0 Å². The molecule has 108 valence electrons. The van der Waals surface area contributed by atoms with Crippen molar-refractivity contribution in [2.45, 2.75) is 57.6 Å². The summed E-state index contributed by atoms with van der Waals surface area (Å²) in [5, 5.41) is 3.62.